The predicted molar refractivity (Wildman–Crippen MR) is 115 cm³/mol. The first-order valence-corrected chi connectivity index (χ1v) is 11.0. The molecule has 3 amide bonds. The van der Waals surface area contributed by atoms with Crippen molar-refractivity contribution in [2.45, 2.75) is 77.2 Å². The first-order valence-electron chi connectivity index (χ1n) is 11.0. The first kappa shape index (κ1) is 22.9. The lowest BCUT2D eigenvalue weighted by molar-refractivity contribution is -0.136. The van der Waals surface area contributed by atoms with Crippen LogP contribution in [0.25, 0.3) is 0 Å². The summed E-state index contributed by atoms with van der Waals surface area (Å²) < 4.78 is 0. The van der Waals surface area contributed by atoms with Crippen LogP contribution in [0.15, 0.2) is 42.5 Å². The van der Waals surface area contributed by atoms with Crippen LogP contribution in [0.4, 0.5) is 0 Å². The van der Waals surface area contributed by atoms with Gasteiger partial charge in [0.2, 0.25) is 5.91 Å². The zero-order chi connectivity index (χ0) is 20.9. The van der Waals surface area contributed by atoms with Crippen molar-refractivity contribution in [1.82, 2.24) is 10.2 Å². The fraction of sp³-hybridized carbons (Fsp3) is 0.542. The number of nitrogens with one attached hydrogen (secondary N) is 1. The van der Waals surface area contributed by atoms with Gasteiger partial charge in [0.15, 0.2) is 0 Å². The molecule has 1 atom stereocenters. The van der Waals surface area contributed by atoms with E-state index in [1.54, 1.807) is 0 Å². The van der Waals surface area contributed by atoms with Crippen LogP contribution in [0.3, 0.4) is 0 Å². The smallest absolute Gasteiger partial charge is 0.253 e. The van der Waals surface area contributed by atoms with E-state index >= 15 is 0 Å². The Hall–Kier alpha value is -2.43. The summed E-state index contributed by atoms with van der Waals surface area (Å²) >= 11 is 0. The normalized spacial score (nSPS) is 14.4. The zero-order valence-corrected chi connectivity index (χ0v) is 17.6. The van der Waals surface area contributed by atoms with Crippen LogP contribution in [-0.2, 0) is 14.4 Å². The van der Waals surface area contributed by atoms with Crippen molar-refractivity contribution in [2.24, 2.45) is 0 Å². The summed E-state index contributed by atoms with van der Waals surface area (Å²) in [6.07, 6.45) is 13.2. The van der Waals surface area contributed by atoms with E-state index in [4.69, 9.17) is 0 Å². The summed E-state index contributed by atoms with van der Waals surface area (Å²) in [5.74, 6) is -0.233. The Balaban J connectivity index is 1.38. The van der Waals surface area contributed by atoms with Gasteiger partial charge in [-0.05, 0) is 25.3 Å². The van der Waals surface area contributed by atoms with Crippen LogP contribution in [0.2, 0.25) is 0 Å². The molecule has 0 radical (unpaired) electrons. The fourth-order valence-electron chi connectivity index (χ4n) is 3.58. The number of nitrogens with zero attached hydrogens (tertiary/aromatic N) is 1. The van der Waals surface area contributed by atoms with Gasteiger partial charge in [0.05, 0.1) is 6.04 Å². The molecule has 0 unspecified atom stereocenters. The number of benzene rings is 1. The lowest BCUT2D eigenvalue weighted by Gasteiger charge is -2.14. The summed E-state index contributed by atoms with van der Waals surface area (Å²) in [6, 6.07) is 10.1. The Morgan fingerprint density at radius 3 is 1.93 bits per heavy atom. The number of carbonyl (C=O) groups excluding carboxylic acids is 3. The molecule has 5 nitrogen and oxygen atoms in total. The van der Waals surface area contributed by atoms with Gasteiger partial charge in [0.1, 0.15) is 0 Å². The molecule has 0 spiro atoms. The third kappa shape index (κ3) is 8.63. The standard InChI is InChI=1S/C24H34N2O3/c1-20(21-14-10-9-11-15-21)25-22(27)16-12-7-5-3-2-4-6-8-13-19-26-23(28)17-18-24(26)29/h9-11,14-15,17-18,20H,2-8,12-13,16,19H2,1H3,(H,25,27)/t20-/m1/s1. The highest BCUT2D eigenvalue weighted by molar-refractivity contribution is 6.12. The number of carbonyl (C=O) groups is 3. The SMILES string of the molecule is C[C@@H](NC(=O)CCCCCCCCCCCN1C(=O)C=CC1=O)c1ccccc1. The number of unbranched alkanes of at least 4 members (excludes halogenated alkanes) is 8. The van der Waals surface area contributed by atoms with Crippen LogP contribution in [0.5, 0.6) is 0 Å². The number of rotatable bonds is 14. The quantitative estimate of drug-likeness (QED) is 0.365. The lowest BCUT2D eigenvalue weighted by Crippen LogP contribution is -2.30. The molecule has 0 bridgehead atoms. The number of amides is 3. The minimum absolute atomic E-state index is 0.0571. The summed E-state index contributed by atoms with van der Waals surface area (Å²) in [5.41, 5.74) is 1.14. The van der Waals surface area contributed by atoms with Crippen LogP contribution in [0, 0.1) is 0 Å². The van der Waals surface area contributed by atoms with Gasteiger partial charge in [0, 0.05) is 25.1 Å². The molecule has 1 aromatic carbocycles. The van der Waals surface area contributed by atoms with Gasteiger partial charge >= 0.3 is 0 Å². The molecule has 2 rings (SSSR count). The second kappa shape index (κ2) is 12.9. The topological polar surface area (TPSA) is 66.5 Å². The third-order valence-electron chi connectivity index (χ3n) is 5.36. The Morgan fingerprint density at radius 2 is 1.34 bits per heavy atom. The van der Waals surface area contributed by atoms with Crippen molar-refractivity contribution in [2.75, 3.05) is 6.54 Å². The molecule has 1 N–H and O–H groups in total. The van der Waals surface area contributed by atoms with Gasteiger partial charge in [-0.15, -0.1) is 0 Å². The summed E-state index contributed by atoms with van der Waals surface area (Å²) in [7, 11) is 0. The molecule has 1 heterocycles. The van der Waals surface area contributed by atoms with Gasteiger partial charge in [-0.1, -0.05) is 75.3 Å². The molecule has 158 valence electrons. The Labute approximate surface area is 174 Å². The van der Waals surface area contributed by atoms with Crippen LogP contribution in [-0.4, -0.2) is 29.2 Å². The van der Waals surface area contributed by atoms with E-state index < -0.39 is 0 Å². The molecule has 0 saturated carbocycles. The van der Waals surface area contributed by atoms with E-state index in [0.29, 0.717) is 13.0 Å². The maximum atomic E-state index is 12.0. The molecule has 29 heavy (non-hydrogen) atoms. The summed E-state index contributed by atoms with van der Waals surface area (Å²) in [5, 5.41) is 3.06. The number of hydrogen-bond acceptors (Lipinski definition) is 3. The maximum absolute atomic E-state index is 12.0. The zero-order valence-electron chi connectivity index (χ0n) is 17.6. The van der Waals surface area contributed by atoms with E-state index in [2.05, 4.69) is 5.32 Å². The van der Waals surface area contributed by atoms with Crippen molar-refractivity contribution in [3.8, 4) is 0 Å². The van der Waals surface area contributed by atoms with Crippen LogP contribution in [0.1, 0.15) is 82.7 Å². The second-order valence-electron chi connectivity index (χ2n) is 7.79. The molecular formula is C24H34N2O3. The van der Waals surface area contributed by atoms with Crippen LogP contribution >= 0.6 is 0 Å². The molecule has 5 heteroatoms. The highest BCUT2D eigenvalue weighted by atomic mass is 16.2. The fourth-order valence-corrected chi connectivity index (χ4v) is 3.58. The molecule has 0 aromatic heterocycles. The van der Waals surface area contributed by atoms with E-state index in [-0.39, 0.29) is 23.8 Å². The minimum Gasteiger partial charge on any atom is -0.350 e. The second-order valence-corrected chi connectivity index (χ2v) is 7.79. The Morgan fingerprint density at radius 1 is 0.828 bits per heavy atom. The molecule has 1 aliphatic rings. The molecular weight excluding hydrogens is 364 g/mol. The largest absolute Gasteiger partial charge is 0.350 e. The van der Waals surface area contributed by atoms with Crippen LogP contribution < -0.4 is 5.32 Å². The van der Waals surface area contributed by atoms with Crippen molar-refractivity contribution in [3.05, 3.63) is 48.0 Å². The average Bonchev–Trinajstić information content (AvgIpc) is 3.04. The first-order chi connectivity index (χ1) is 14.1. The van der Waals surface area contributed by atoms with E-state index in [0.717, 1.165) is 37.7 Å². The molecule has 0 fully saturated rings. The third-order valence-corrected chi connectivity index (χ3v) is 5.36. The van der Waals surface area contributed by atoms with E-state index in [1.165, 1.54) is 42.7 Å². The highest BCUT2D eigenvalue weighted by Crippen LogP contribution is 2.14. The maximum Gasteiger partial charge on any atom is 0.253 e. The molecule has 1 aliphatic heterocycles. The van der Waals surface area contributed by atoms with Gasteiger partial charge in [-0.2, -0.15) is 0 Å². The average molecular weight is 399 g/mol. The van der Waals surface area contributed by atoms with Gasteiger partial charge < -0.3 is 5.32 Å². The number of imide groups is 1. The molecule has 1 aromatic rings. The van der Waals surface area contributed by atoms with Crippen molar-refractivity contribution < 1.29 is 14.4 Å². The van der Waals surface area contributed by atoms with Crippen molar-refractivity contribution >= 4 is 17.7 Å². The van der Waals surface area contributed by atoms with E-state index in [1.807, 2.05) is 37.3 Å². The minimum atomic E-state index is -0.182. The van der Waals surface area contributed by atoms with Gasteiger partial charge in [-0.3, -0.25) is 19.3 Å². The Bertz CT molecular complexity index is 667. The van der Waals surface area contributed by atoms with Crippen molar-refractivity contribution in [1.29, 1.82) is 0 Å². The Kier molecular flexibility index (Phi) is 10.2. The lowest BCUT2D eigenvalue weighted by atomic mass is 10.1. The summed E-state index contributed by atoms with van der Waals surface area (Å²) in [6.45, 7) is 2.56. The summed E-state index contributed by atoms with van der Waals surface area (Å²) in [4.78, 5) is 36.2. The highest BCUT2D eigenvalue weighted by Gasteiger charge is 2.22. The van der Waals surface area contributed by atoms with Gasteiger partial charge in [0.25, 0.3) is 11.8 Å². The molecule has 0 aliphatic carbocycles. The number of hydrogen-bond donors (Lipinski definition) is 1. The monoisotopic (exact) mass is 398 g/mol. The van der Waals surface area contributed by atoms with Crippen molar-refractivity contribution in [3.63, 3.8) is 0 Å². The predicted octanol–water partition coefficient (Wildman–Crippen LogP) is 4.69. The van der Waals surface area contributed by atoms with Gasteiger partial charge in [-0.25, -0.2) is 0 Å². The molecule has 0 saturated heterocycles. The van der Waals surface area contributed by atoms with E-state index in [9.17, 15) is 14.4 Å².